The number of benzene rings is 2. The molecule has 0 bridgehead atoms. The summed E-state index contributed by atoms with van der Waals surface area (Å²) in [4.78, 5) is 28.0. The third-order valence-corrected chi connectivity index (χ3v) is 4.69. The Hall–Kier alpha value is -2.57. The molecule has 0 aliphatic carbocycles. The fraction of sp³-hybridized carbons (Fsp3) is 0.364. The van der Waals surface area contributed by atoms with Gasteiger partial charge in [-0.3, -0.25) is 14.5 Å². The predicted molar refractivity (Wildman–Crippen MR) is 117 cm³/mol. The van der Waals surface area contributed by atoms with Crippen molar-refractivity contribution in [2.75, 3.05) is 45.7 Å². The smallest absolute Gasteiger partial charge is 0.243 e. The number of carbonyl (C=O) groups excluding carboxylic acids is 2. The van der Waals surface area contributed by atoms with Crippen molar-refractivity contribution in [1.29, 1.82) is 0 Å². The number of nitrogens with one attached hydrogen (secondary N) is 1. The number of hydrogen-bond acceptors (Lipinski definition) is 4. The van der Waals surface area contributed by atoms with Crippen LogP contribution in [0, 0.1) is 0 Å². The lowest BCUT2D eigenvalue weighted by atomic mass is 10.1. The number of ether oxygens (including phenoxy) is 1. The largest absolute Gasteiger partial charge is 0.492 e. The van der Waals surface area contributed by atoms with Gasteiger partial charge in [-0.1, -0.05) is 36.7 Å². The lowest BCUT2D eigenvalue weighted by molar-refractivity contribution is -0.134. The van der Waals surface area contributed by atoms with Gasteiger partial charge < -0.3 is 15.0 Å². The van der Waals surface area contributed by atoms with Crippen molar-refractivity contribution in [3.63, 3.8) is 0 Å². The molecule has 0 aliphatic heterocycles. The molecule has 0 aromatic heterocycles. The average molecular weight is 418 g/mol. The minimum absolute atomic E-state index is 0.00595. The summed E-state index contributed by atoms with van der Waals surface area (Å²) < 4.78 is 5.64. The molecule has 7 heteroatoms. The molecule has 0 aliphatic rings. The Morgan fingerprint density at radius 1 is 1.03 bits per heavy atom. The van der Waals surface area contributed by atoms with Crippen LogP contribution < -0.4 is 10.1 Å². The van der Waals surface area contributed by atoms with Crippen LogP contribution in [0.25, 0.3) is 0 Å². The summed E-state index contributed by atoms with van der Waals surface area (Å²) in [5, 5.41) is 3.54. The van der Waals surface area contributed by atoms with Crippen molar-refractivity contribution in [3.8, 4) is 5.75 Å². The quantitative estimate of drug-likeness (QED) is 0.644. The van der Waals surface area contributed by atoms with Crippen LogP contribution in [0.5, 0.6) is 5.75 Å². The first-order valence-electron chi connectivity index (χ1n) is 9.57. The van der Waals surface area contributed by atoms with E-state index < -0.39 is 0 Å². The molecular weight excluding hydrogens is 390 g/mol. The van der Waals surface area contributed by atoms with Crippen LogP contribution in [0.1, 0.15) is 12.5 Å². The fourth-order valence-electron chi connectivity index (χ4n) is 2.72. The van der Waals surface area contributed by atoms with E-state index in [0.29, 0.717) is 18.2 Å². The lowest BCUT2D eigenvalue weighted by Gasteiger charge is -2.22. The normalized spacial score (nSPS) is 10.7. The molecule has 0 saturated carbocycles. The highest BCUT2D eigenvalue weighted by atomic mass is 35.5. The first-order chi connectivity index (χ1) is 13.9. The van der Waals surface area contributed by atoms with E-state index in [0.717, 1.165) is 23.4 Å². The number of aryl methyl sites for hydroxylation is 1. The van der Waals surface area contributed by atoms with E-state index in [2.05, 4.69) is 5.32 Å². The maximum absolute atomic E-state index is 12.4. The number of para-hydroxylation sites is 1. The molecule has 0 saturated heterocycles. The zero-order valence-electron chi connectivity index (χ0n) is 17.2. The van der Waals surface area contributed by atoms with Crippen molar-refractivity contribution in [1.82, 2.24) is 9.80 Å². The SMILES string of the molecule is CCc1ccccc1NC(=O)CN(C)C(=O)CN(C)CCOc1ccc(Cl)cc1. The van der Waals surface area contributed by atoms with Crippen LogP contribution in [-0.2, 0) is 16.0 Å². The number of amides is 2. The molecule has 2 aromatic carbocycles. The van der Waals surface area contributed by atoms with Crippen LogP contribution >= 0.6 is 11.6 Å². The van der Waals surface area contributed by atoms with Gasteiger partial charge in [0.05, 0.1) is 13.1 Å². The molecule has 2 amide bonds. The molecule has 156 valence electrons. The van der Waals surface area contributed by atoms with Crippen LogP contribution in [0.3, 0.4) is 0 Å². The Morgan fingerprint density at radius 3 is 2.41 bits per heavy atom. The van der Waals surface area contributed by atoms with Crippen LogP contribution in [0.15, 0.2) is 48.5 Å². The maximum atomic E-state index is 12.4. The topological polar surface area (TPSA) is 61.9 Å². The highest BCUT2D eigenvalue weighted by Gasteiger charge is 2.15. The molecule has 29 heavy (non-hydrogen) atoms. The fourth-order valence-corrected chi connectivity index (χ4v) is 2.85. The zero-order valence-corrected chi connectivity index (χ0v) is 17.9. The molecule has 2 aromatic rings. The molecule has 0 heterocycles. The summed E-state index contributed by atoms with van der Waals surface area (Å²) in [6.07, 6.45) is 0.827. The molecule has 0 unspecified atom stereocenters. The van der Waals surface area contributed by atoms with E-state index in [9.17, 15) is 9.59 Å². The molecule has 0 atom stereocenters. The highest BCUT2D eigenvalue weighted by molar-refractivity contribution is 6.30. The van der Waals surface area contributed by atoms with E-state index in [4.69, 9.17) is 16.3 Å². The molecule has 6 nitrogen and oxygen atoms in total. The number of carbonyl (C=O) groups is 2. The van der Waals surface area contributed by atoms with Crippen molar-refractivity contribution in [2.24, 2.45) is 0 Å². The van der Waals surface area contributed by atoms with Crippen molar-refractivity contribution < 1.29 is 14.3 Å². The Balaban J connectivity index is 1.73. The Labute approximate surface area is 177 Å². The first-order valence-corrected chi connectivity index (χ1v) is 9.95. The van der Waals surface area contributed by atoms with E-state index in [1.807, 2.05) is 43.1 Å². The standard InChI is InChI=1S/C22H28ClN3O3/c1-4-17-7-5-6-8-20(17)24-21(27)15-26(3)22(28)16-25(2)13-14-29-19-11-9-18(23)10-12-19/h5-12H,4,13-16H2,1-3H3,(H,24,27). The maximum Gasteiger partial charge on any atom is 0.243 e. The lowest BCUT2D eigenvalue weighted by Crippen LogP contribution is -2.41. The van der Waals surface area contributed by atoms with E-state index >= 15 is 0 Å². The van der Waals surface area contributed by atoms with Crippen molar-refractivity contribution >= 4 is 29.1 Å². The molecular formula is C22H28ClN3O3. The van der Waals surface area contributed by atoms with Gasteiger partial charge in [0, 0.05) is 24.3 Å². The minimum Gasteiger partial charge on any atom is -0.492 e. The number of rotatable bonds is 10. The van der Waals surface area contributed by atoms with Crippen molar-refractivity contribution in [2.45, 2.75) is 13.3 Å². The number of likely N-dealkylation sites (N-methyl/N-ethyl adjacent to an activating group) is 2. The van der Waals surface area contributed by atoms with E-state index in [1.54, 1.807) is 31.3 Å². The van der Waals surface area contributed by atoms with E-state index in [-0.39, 0.29) is 24.9 Å². The minimum atomic E-state index is -0.213. The summed E-state index contributed by atoms with van der Waals surface area (Å²) >= 11 is 5.85. The van der Waals surface area contributed by atoms with Gasteiger partial charge in [-0.15, -0.1) is 0 Å². The number of nitrogens with zero attached hydrogens (tertiary/aromatic N) is 2. The third kappa shape index (κ3) is 7.75. The monoisotopic (exact) mass is 417 g/mol. The number of hydrogen-bond donors (Lipinski definition) is 1. The van der Waals surface area contributed by atoms with Gasteiger partial charge >= 0.3 is 0 Å². The summed E-state index contributed by atoms with van der Waals surface area (Å²) in [7, 11) is 3.47. The first kappa shape index (κ1) is 22.7. The number of halogens is 1. The van der Waals surface area contributed by atoms with E-state index in [1.165, 1.54) is 4.90 Å². The van der Waals surface area contributed by atoms with Gasteiger partial charge in [0.15, 0.2) is 0 Å². The van der Waals surface area contributed by atoms with Crippen LogP contribution in [-0.4, -0.2) is 62.0 Å². The molecule has 1 N–H and O–H groups in total. The summed E-state index contributed by atoms with van der Waals surface area (Å²) in [6.45, 7) is 3.28. The highest BCUT2D eigenvalue weighted by Crippen LogP contribution is 2.16. The van der Waals surface area contributed by atoms with Crippen LogP contribution in [0.2, 0.25) is 5.02 Å². The van der Waals surface area contributed by atoms with Gasteiger partial charge in [0.25, 0.3) is 0 Å². The van der Waals surface area contributed by atoms with Gasteiger partial charge in [0.1, 0.15) is 12.4 Å². The van der Waals surface area contributed by atoms with Gasteiger partial charge in [0.2, 0.25) is 11.8 Å². The molecule has 0 fully saturated rings. The molecule has 2 rings (SSSR count). The Morgan fingerprint density at radius 2 is 1.72 bits per heavy atom. The van der Waals surface area contributed by atoms with Gasteiger partial charge in [-0.25, -0.2) is 0 Å². The second-order valence-electron chi connectivity index (χ2n) is 6.85. The van der Waals surface area contributed by atoms with Gasteiger partial charge in [-0.2, -0.15) is 0 Å². The molecule has 0 spiro atoms. The summed E-state index contributed by atoms with van der Waals surface area (Å²) in [6, 6.07) is 14.8. The third-order valence-electron chi connectivity index (χ3n) is 4.44. The summed E-state index contributed by atoms with van der Waals surface area (Å²) in [5.74, 6) is 0.392. The molecule has 0 radical (unpaired) electrons. The zero-order chi connectivity index (χ0) is 21.2. The second-order valence-corrected chi connectivity index (χ2v) is 7.29. The second kappa shape index (κ2) is 11.4. The predicted octanol–water partition coefficient (Wildman–Crippen LogP) is 3.31. The average Bonchev–Trinajstić information content (AvgIpc) is 2.69. The number of anilines is 1. The van der Waals surface area contributed by atoms with Gasteiger partial charge in [-0.05, 0) is 49.4 Å². The Bertz CT molecular complexity index is 811. The van der Waals surface area contributed by atoms with Crippen LogP contribution in [0.4, 0.5) is 5.69 Å². The van der Waals surface area contributed by atoms with Crippen molar-refractivity contribution in [3.05, 3.63) is 59.1 Å². The Kier molecular flexibility index (Phi) is 8.96. The summed E-state index contributed by atoms with van der Waals surface area (Å²) in [5.41, 5.74) is 1.85.